The molecule has 0 spiro atoms. The van der Waals surface area contributed by atoms with Crippen molar-refractivity contribution < 1.29 is 16.4 Å². The molecule has 4 heteroatoms. The maximum atomic E-state index is 10.4. The number of aliphatic hydroxyl groups excluding tert-OH is 1. The minimum Gasteiger partial charge on any atom is -0.480 e. The monoisotopic (exact) mass is 148 g/mol. The van der Waals surface area contributed by atoms with Crippen LogP contribution in [-0.2, 0) is 4.79 Å². The molecule has 0 heterocycles. The standard InChI is InChI=1S/C6H13NO3/c1-4(2)7-5(3-8)6(9)10/h4-5,7-8H,3H2,1-2H3,(H,9,10)/t5-/m1/s1/i5D. The molecule has 0 aromatic carbocycles. The second-order valence-electron chi connectivity index (χ2n) is 2.24. The average molecular weight is 148 g/mol. The molecule has 0 rings (SSSR count). The lowest BCUT2D eigenvalue weighted by atomic mass is 10.3. The molecule has 0 saturated carbocycles. The van der Waals surface area contributed by atoms with Crippen LogP contribution in [0.5, 0.6) is 0 Å². The van der Waals surface area contributed by atoms with Gasteiger partial charge in [0.25, 0.3) is 0 Å². The Labute approximate surface area is 61.3 Å². The summed E-state index contributed by atoms with van der Waals surface area (Å²) in [6.07, 6.45) is 0. The zero-order valence-electron chi connectivity index (χ0n) is 7.09. The molecule has 0 fully saturated rings. The first-order chi connectivity index (χ1) is 4.92. The van der Waals surface area contributed by atoms with Crippen molar-refractivity contribution in [3.63, 3.8) is 0 Å². The van der Waals surface area contributed by atoms with Crippen LogP contribution in [0.15, 0.2) is 0 Å². The number of aliphatic hydroxyl groups is 1. The molecule has 3 N–H and O–H groups in total. The maximum absolute atomic E-state index is 10.4. The van der Waals surface area contributed by atoms with Crippen molar-refractivity contribution in [1.82, 2.24) is 5.32 Å². The van der Waals surface area contributed by atoms with E-state index >= 15 is 0 Å². The van der Waals surface area contributed by atoms with Crippen molar-refractivity contribution in [2.75, 3.05) is 6.61 Å². The van der Waals surface area contributed by atoms with Gasteiger partial charge in [0.15, 0.2) is 0 Å². The third-order valence-electron chi connectivity index (χ3n) is 0.879. The van der Waals surface area contributed by atoms with Crippen LogP contribution < -0.4 is 5.32 Å². The van der Waals surface area contributed by atoms with Crippen molar-refractivity contribution in [3.05, 3.63) is 0 Å². The van der Waals surface area contributed by atoms with Gasteiger partial charge in [-0.15, -0.1) is 0 Å². The molecule has 0 aromatic rings. The number of hydrogen-bond acceptors (Lipinski definition) is 3. The van der Waals surface area contributed by atoms with Crippen molar-refractivity contribution in [2.24, 2.45) is 0 Å². The van der Waals surface area contributed by atoms with Gasteiger partial charge in [0, 0.05) is 6.04 Å². The molecule has 0 radical (unpaired) electrons. The summed E-state index contributed by atoms with van der Waals surface area (Å²) in [7, 11) is 0. The molecule has 0 unspecified atom stereocenters. The Morgan fingerprint density at radius 2 is 2.30 bits per heavy atom. The zero-order valence-corrected chi connectivity index (χ0v) is 6.09. The summed E-state index contributed by atoms with van der Waals surface area (Å²) >= 11 is 0. The van der Waals surface area contributed by atoms with E-state index in [4.69, 9.17) is 11.6 Å². The SMILES string of the molecule is [2H][C@](CO)(NC(C)C)C(=O)O. The van der Waals surface area contributed by atoms with E-state index in [1.807, 2.05) is 0 Å². The number of rotatable bonds is 4. The first-order valence-electron chi connectivity index (χ1n) is 3.54. The van der Waals surface area contributed by atoms with Gasteiger partial charge in [-0.2, -0.15) is 0 Å². The summed E-state index contributed by atoms with van der Waals surface area (Å²) in [5.41, 5.74) is 0. The molecule has 0 saturated heterocycles. The fourth-order valence-corrected chi connectivity index (χ4v) is 0.523. The van der Waals surface area contributed by atoms with Crippen molar-refractivity contribution in [3.8, 4) is 0 Å². The third-order valence-corrected chi connectivity index (χ3v) is 0.879. The lowest BCUT2D eigenvalue weighted by Gasteiger charge is -2.13. The van der Waals surface area contributed by atoms with Gasteiger partial charge >= 0.3 is 5.97 Å². The van der Waals surface area contributed by atoms with E-state index in [9.17, 15) is 4.79 Å². The molecular weight excluding hydrogens is 134 g/mol. The predicted octanol–water partition coefficient (Wildman–Crippen LogP) is -0.570. The summed E-state index contributed by atoms with van der Waals surface area (Å²) in [5.74, 6) is -1.37. The molecule has 1 atom stereocenters. The highest BCUT2D eigenvalue weighted by Gasteiger charge is 2.15. The minimum atomic E-state index is -1.96. The van der Waals surface area contributed by atoms with Gasteiger partial charge in [0.2, 0.25) is 0 Å². The highest BCUT2D eigenvalue weighted by Crippen LogP contribution is 1.85. The van der Waals surface area contributed by atoms with Crippen molar-refractivity contribution in [2.45, 2.75) is 25.9 Å². The number of carbonyl (C=O) groups is 1. The van der Waals surface area contributed by atoms with Gasteiger partial charge in [-0.25, -0.2) is 0 Å². The van der Waals surface area contributed by atoms with E-state index in [0.717, 1.165) is 0 Å². The lowest BCUT2D eigenvalue weighted by Crippen LogP contribution is -2.43. The van der Waals surface area contributed by atoms with Crippen LogP contribution in [0.3, 0.4) is 0 Å². The molecule has 0 aliphatic heterocycles. The molecule has 0 bridgehead atoms. The van der Waals surface area contributed by atoms with E-state index in [-0.39, 0.29) is 6.04 Å². The van der Waals surface area contributed by atoms with Gasteiger partial charge in [-0.3, -0.25) is 4.79 Å². The van der Waals surface area contributed by atoms with Gasteiger partial charge in [0.05, 0.1) is 7.98 Å². The fraction of sp³-hybridized carbons (Fsp3) is 0.833. The zero-order chi connectivity index (χ0) is 9.07. The van der Waals surface area contributed by atoms with Crippen LogP contribution in [0.2, 0.25) is 0 Å². The largest absolute Gasteiger partial charge is 0.480 e. The van der Waals surface area contributed by atoms with Crippen LogP contribution >= 0.6 is 0 Å². The minimum absolute atomic E-state index is 0.143. The maximum Gasteiger partial charge on any atom is 0.323 e. The second-order valence-corrected chi connectivity index (χ2v) is 2.24. The molecule has 0 aliphatic rings. The predicted molar refractivity (Wildman–Crippen MR) is 36.8 cm³/mol. The molecule has 60 valence electrons. The number of aliphatic carboxylic acids is 1. The first-order valence-corrected chi connectivity index (χ1v) is 3.04. The van der Waals surface area contributed by atoms with E-state index in [2.05, 4.69) is 5.32 Å². The Kier molecular flexibility index (Phi) is 3.18. The Morgan fingerprint density at radius 1 is 1.80 bits per heavy atom. The summed E-state index contributed by atoms with van der Waals surface area (Å²) in [6.45, 7) is 2.68. The molecule has 10 heavy (non-hydrogen) atoms. The lowest BCUT2D eigenvalue weighted by molar-refractivity contribution is -0.140. The normalized spacial score (nSPS) is 18.2. The van der Waals surface area contributed by atoms with Crippen LogP contribution in [0, 0.1) is 0 Å². The number of nitrogens with one attached hydrogen (secondary N) is 1. The smallest absolute Gasteiger partial charge is 0.323 e. The van der Waals surface area contributed by atoms with Gasteiger partial charge < -0.3 is 15.5 Å². The summed E-state index contributed by atoms with van der Waals surface area (Å²) in [4.78, 5) is 10.4. The fourth-order valence-electron chi connectivity index (χ4n) is 0.523. The van der Waals surface area contributed by atoms with Crippen molar-refractivity contribution in [1.29, 1.82) is 0 Å². The summed E-state index contributed by atoms with van der Waals surface area (Å²) in [5, 5.41) is 19.5. The van der Waals surface area contributed by atoms with Crippen LogP contribution in [0.4, 0.5) is 0 Å². The van der Waals surface area contributed by atoms with Crippen LogP contribution in [-0.4, -0.2) is 34.8 Å². The van der Waals surface area contributed by atoms with E-state index in [0.29, 0.717) is 0 Å². The summed E-state index contributed by atoms with van der Waals surface area (Å²) in [6, 6.07) is -2.11. The van der Waals surface area contributed by atoms with Gasteiger partial charge in [-0.05, 0) is 0 Å². The molecule has 0 aromatic heterocycles. The Morgan fingerprint density at radius 3 is 2.40 bits per heavy atom. The number of hydrogen-bond donors (Lipinski definition) is 3. The van der Waals surface area contributed by atoms with E-state index in [1.54, 1.807) is 13.8 Å². The molecule has 0 aliphatic carbocycles. The Hall–Kier alpha value is -0.610. The van der Waals surface area contributed by atoms with Crippen molar-refractivity contribution >= 4 is 5.97 Å². The van der Waals surface area contributed by atoms with Gasteiger partial charge in [-0.1, -0.05) is 13.8 Å². The first kappa shape index (κ1) is 7.50. The van der Waals surface area contributed by atoms with Gasteiger partial charge in [0.1, 0.15) is 6.02 Å². The Balaban J connectivity index is 4.22. The molecule has 4 nitrogen and oxygen atoms in total. The third kappa shape index (κ3) is 3.42. The second kappa shape index (κ2) is 4.24. The number of carboxylic acids is 1. The topological polar surface area (TPSA) is 69.6 Å². The Bertz CT molecular complexity index is 151. The number of carboxylic acid groups (broad SMARTS) is 1. The average Bonchev–Trinajstić information content (AvgIpc) is 1.86. The molecular formula is C6H13NO3. The van der Waals surface area contributed by atoms with Crippen LogP contribution in [0.1, 0.15) is 15.2 Å². The van der Waals surface area contributed by atoms with E-state index < -0.39 is 18.6 Å². The molecule has 0 amide bonds. The highest BCUT2D eigenvalue weighted by molar-refractivity contribution is 5.73. The summed E-state index contributed by atoms with van der Waals surface area (Å²) < 4.78 is 7.19. The van der Waals surface area contributed by atoms with Crippen LogP contribution in [0.25, 0.3) is 0 Å². The van der Waals surface area contributed by atoms with E-state index in [1.165, 1.54) is 0 Å². The quantitative estimate of drug-likeness (QED) is 0.499. The highest BCUT2D eigenvalue weighted by atomic mass is 16.4.